The fourth-order valence-electron chi connectivity index (χ4n) is 3.24. The second kappa shape index (κ2) is 6.48. The van der Waals surface area contributed by atoms with E-state index in [1.807, 2.05) is 54.9 Å². The minimum Gasteiger partial charge on any atom is -0.358 e. The van der Waals surface area contributed by atoms with Crippen LogP contribution < -0.4 is 5.32 Å². The van der Waals surface area contributed by atoms with E-state index < -0.39 is 0 Å². The van der Waals surface area contributed by atoms with Crippen LogP contribution in [0, 0.1) is 13.8 Å². The molecule has 0 bridgehead atoms. The van der Waals surface area contributed by atoms with Crippen molar-refractivity contribution in [2.45, 2.75) is 20.3 Å². The summed E-state index contributed by atoms with van der Waals surface area (Å²) >= 11 is 0. The van der Waals surface area contributed by atoms with E-state index in [1.165, 1.54) is 0 Å². The lowest BCUT2D eigenvalue weighted by atomic mass is 10.1. The van der Waals surface area contributed by atoms with E-state index in [-0.39, 0.29) is 5.91 Å². The Morgan fingerprint density at radius 1 is 1.19 bits per heavy atom. The zero-order valence-electron chi connectivity index (χ0n) is 14.7. The number of carbonyl (C=O) groups excluding carboxylic acids is 1. The second-order valence-electron chi connectivity index (χ2n) is 6.24. The molecule has 0 aliphatic carbocycles. The molecule has 1 aromatic carbocycles. The summed E-state index contributed by atoms with van der Waals surface area (Å²) in [5.74, 6) is 0.768. The summed E-state index contributed by atoms with van der Waals surface area (Å²) in [5.41, 5.74) is 4.58. The number of benzene rings is 1. The van der Waals surface area contributed by atoms with Gasteiger partial charge < -0.3 is 14.9 Å². The van der Waals surface area contributed by atoms with E-state index in [0.717, 1.165) is 33.7 Å². The van der Waals surface area contributed by atoms with Crippen LogP contribution in [-0.4, -0.2) is 25.4 Å². The van der Waals surface area contributed by atoms with Gasteiger partial charge in [0.05, 0.1) is 24.0 Å². The van der Waals surface area contributed by atoms with Crippen LogP contribution in [0.5, 0.6) is 0 Å². The number of fused-ring (bicyclic) bond motifs is 1. The highest BCUT2D eigenvalue weighted by atomic mass is 16.1. The molecule has 0 saturated carbocycles. The van der Waals surface area contributed by atoms with Gasteiger partial charge in [-0.3, -0.25) is 9.78 Å². The molecular formula is C20H19N5O. The second-order valence-corrected chi connectivity index (χ2v) is 6.24. The van der Waals surface area contributed by atoms with Gasteiger partial charge in [0.15, 0.2) is 0 Å². The Morgan fingerprint density at radius 3 is 2.85 bits per heavy atom. The summed E-state index contributed by atoms with van der Waals surface area (Å²) < 4.78 is 1.92. The van der Waals surface area contributed by atoms with Crippen molar-refractivity contribution in [2.24, 2.45) is 0 Å². The van der Waals surface area contributed by atoms with Crippen LogP contribution in [0.1, 0.15) is 17.1 Å². The monoisotopic (exact) mass is 345 g/mol. The summed E-state index contributed by atoms with van der Waals surface area (Å²) in [6, 6.07) is 9.88. The lowest BCUT2D eigenvalue weighted by Crippen LogP contribution is -2.16. The van der Waals surface area contributed by atoms with Gasteiger partial charge >= 0.3 is 0 Å². The zero-order chi connectivity index (χ0) is 18.1. The molecule has 3 heterocycles. The molecule has 1 amide bonds. The van der Waals surface area contributed by atoms with E-state index in [2.05, 4.69) is 20.3 Å². The molecule has 0 aliphatic heterocycles. The highest BCUT2D eigenvalue weighted by Gasteiger charge is 2.14. The number of carbonyl (C=O) groups is 1. The summed E-state index contributed by atoms with van der Waals surface area (Å²) in [6.45, 7) is 3.91. The van der Waals surface area contributed by atoms with Crippen molar-refractivity contribution in [3.8, 4) is 5.69 Å². The van der Waals surface area contributed by atoms with E-state index in [4.69, 9.17) is 0 Å². The number of aryl methyl sites for hydroxylation is 2. The molecule has 0 unspecified atom stereocenters. The van der Waals surface area contributed by atoms with Gasteiger partial charge in [-0.05, 0) is 31.5 Å². The first kappa shape index (κ1) is 16.1. The number of pyridine rings is 1. The molecule has 0 spiro atoms. The Labute approximate surface area is 150 Å². The molecule has 2 N–H and O–H groups in total. The van der Waals surface area contributed by atoms with Gasteiger partial charge in [-0.2, -0.15) is 0 Å². The quantitative estimate of drug-likeness (QED) is 0.594. The van der Waals surface area contributed by atoms with Crippen LogP contribution in [0.15, 0.2) is 55.1 Å². The SMILES string of the molecule is Cc1[nH]c2ccccc2c1CC(=O)Nc1cnccc1-n1ccnc1C. The maximum atomic E-state index is 12.7. The summed E-state index contributed by atoms with van der Waals surface area (Å²) in [5, 5.41) is 4.07. The first-order valence-electron chi connectivity index (χ1n) is 8.44. The van der Waals surface area contributed by atoms with Crippen molar-refractivity contribution in [3.63, 3.8) is 0 Å². The predicted molar refractivity (Wildman–Crippen MR) is 101 cm³/mol. The summed E-state index contributed by atoms with van der Waals surface area (Å²) in [6.07, 6.45) is 7.26. The van der Waals surface area contributed by atoms with Crippen molar-refractivity contribution < 1.29 is 4.79 Å². The average molecular weight is 345 g/mol. The molecule has 26 heavy (non-hydrogen) atoms. The van der Waals surface area contributed by atoms with Crippen LogP contribution in [0.4, 0.5) is 5.69 Å². The lowest BCUT2D eigenvalue weighted by molar-refractivity contribution is -0.115. The van der Waals surface area contributed by atoms with Gasteiger partial charge in [-0.1, -0.05) is 18.2 Å². The van der Waals surface area contributed by atoms with Crippen LogP contribution in [-0.2, 0) is 11.2 Å². The molecule has 0 fully saturated rings. The van der Waals surface area contributed by atoms with Crippen LogP contribution in [0.2, 0.25) is 0 Å². The minimum absolute atomic E-state index is 0.0788. The minimum atomic E-state index is -0.0788. The standard InChI is InChI=1S/C20H19N5O/c1-13-16(15-5-3-4-6-17(15)23-13)11-20(26)24-18-12-21-8-7-19(18)25-10-9-22-14(25)2/h3-10,12,23H,11H2,1-2H3,(H,24,26). The highest BCUT2D eigenvalue weighted by Crippen LogP contribution is 2.24. The van der Waals surface area contributed by atoms with Gasteiger partial charge in [0.1, 0.15) is 5.82 Å². The molecule has 0 radical (unpaired) electrons. The van der Waals surface area contributed by atoms with Gasteiger partial charge in [-0.25, -0.2) is 4.98 Å². The average Bonchev–Trinajstić information content (AvgIpc) is 3.19. The van der Waals surface area contributed by atoms with Gasteiger partial charge in [0, 0.05) is 35.2 Å². The number of imidazole rings is 1. The molecule has 0 aliphatic rings. The number of nitrogens with zero attached hydrogens (tertiary/aromatic N) is 3. The van der Waals surface area contributed by atoms with Gasteiger partial charge in [-0.15, -0.1) is 0 Å². The molecule has 3 aromatic heterocycles. The molecule has 130 valence electrons. The third kappa shape index (κ3) is 2.86. The maximum Gasteiger partial charge on any atom is 0.228 e. The number of nitrogens with one attached hydrogen (secondary N) is 2. The molecule has 0 atom stereocenters. The number of H-pyrrole nitrogens is 1. The molecule has 4 rings (SSSR count). The Morgan fingerprint density at radius 2 is 2.04 bits per heavy atom. The maximum absolute atomic E-state index is 12.7. The number of hydrogen-bond donors (Lipinski definition) is 2. The van der Waals surface area contributed by atoms with Gasteiger partial charge in [0.2, 0.25) is 5.91 Å². The lowest BCUT2D eigenvalue weighted by Gasteiger charge is -2.12. The van der Waals surface area contributed by atoms with Crippen molar-refractivity contribution in [1.82, 2.24) is 19.5 Å². The molecule has 0 saturated heterocycles. The summed E-state index contributed by atoms with van der Waals surface area (Å²) in [7, 11) is 0. The smallest absolute Gasteiger partial charge is 0.228 e. The van der Waals surface area contributed by atoms with Crippen molar-refractivity contribution in [3.05, 3.63) is 72.2 Å². The van der Waals surface area contributed by atoms with Gasteiger partial charge in [0.25, 0.3) is 0 Å². The van der Waals surface area contributed by atoms with Crippen molar-refractivity contribution in [1.29, 1.82) is 0 Å². The number of aromatic amines is 1. The number of anilines is 1. The molecule has 6 nitrogen and oxygen atoms in total. The Kier molecular flexibility index (Phi) is 4.01. The van der Waals surface area contributed by atoms with Crippen LogP contribution in [0.25, 0.3) is 16.6 Å². The van der Waals surface area contributed by atoms with Crippen LogP contribution in [0.3, 0.4) is 0 Å². The molecule has 6 heteroatoms. The summed E-state index contributed by atoms with van der Waals surface area (Å²) in [4.78, 5) is 24.4. The third-order valence-electron chi connectivity index (χ3n) is 4.52. The number of amides is 1. The fourth-order valence-corrected chi connectivity index (χ4v) is 3.24. The Bertz CT molecular complexity index is 1090. The topological polar surface area (TPSA) is 75.6 Å². The number of rotatable bonds is 4. The molecule has 4 aromatic rings. The van der Waals surface area contributed by atoms with Crippen LogP contribution >= 0.6 is 0 Å². The Balaban J connectivity index is 1.62. The number of aromatic nitrogens is 4. The number of hydrogen-bond acceptors (Lipinski definition) is 3. The van der Waals surface area contributed by atoms with Crippen molar-refractivity contribution >= 4 is 22.5 Å². The van der Waals surface area contributed by atoms with E-state index in [1.54, 1.807) is 18.6 Å². The largest absolute Gasteiger partial charge is 0.358 e. The normalized spacial score (nSPS) is 11.0. The molecular weight excluding hydrogens is 326 g/mol. The Hall–Kier alpha value is -3.41. The highest BCUT2D eigenvalue weighted by molar-refractivity contribution is 5.97. The third-order valence-corrected chi connectivity index (χ3v) is 4.52. The zero-order valence-corrected chi connectivity index (χ0v) is 14.7. The predicted octanol–water partition coefficient (Wildman–Crippen LogP) is 3.55. The fraction of sp³-hybridized carbons (Fsp3) is 0.150. The van der Waals surface area contributed by atoms with E-state index >= 15 is 0 Å². The first-order chi connectivity index (χ1) is 12.6. The van der Waals surface area contributed by atoms with E-state index in [9.17, 15) is 4.79 Å². The van der Waals surface area contributed by atoms with Crippen molar-refractivity contribution in [2.75, 3.05) is 5.32 Å². The number of para-hydroxylation sites is 1. The van der Waals surface area contributed by atoms with E-state index in [0.29, 0.717) is 12.1 Å². The first-order valence-corrected chi connectivity index (χ1v) is 8.44.